The molecule has 0 aliphatic carbocycles. The van der Waals surface area contributed by atoms with Gasteiger partial charge in [0.2, 0.25) is 0 Å². The fraction of sp³-hybridized carbons (Fsp3) is 0.800. The van der Waals surface area contributed by atoms with Gasteiger partial charge in [-0.15, -0.1) is 0 Å². The zero-order valence-electron chi connectivity index (χ0n) is 35.8. The minimum Gasteiger partial charge on any atom is -0.458 e. The molecule has 11 heteroatoms. The van der Waals surface area contributed by atoms with Crippen LogP contribution in [-0.2, 0) is 28.6 Å². The molecule has 3 aliphatic rings. The lowest BCUT2D eigenvalue weighted by atomic mass is 9.74. The van der Waals surface area contributed by atoms with Crippen molar-refractivity contribution in [3.63, 3.8) is 0 Å². The number of ketones is 2. The van der Waals surface area contributed by atoms with Gasteiger partial charge in [0.15, 0.2) is 11.6 Å². The lowest BCUT2D eigenvalue weighted by Crippen LogP contribution is -2.62. The molecular weight excluding hydrogens is 716 g/mol. The Bertz CT molecular complexity index is 1390. The summed E-state index contributed by atoms with van der Waals surface area (Å²) in [6, 6.07) is 0. The van der Waals surface area contributed by atoms with E-state index in [-0.39, 0.29) is 35.9 Å². The molecule has 5 N–H and O–H groups in total. The summed E-state index contributed by atoms with van der Waals surface area (Å²) in [7, 11) is 0. The molecule has 2 bridgehead atoms. The molecule has 0 aromatic heterocycles. The standard InChI is InChI=1S/C45H74O11/c1-12-34-17-15-13-14-16-27(4)42(51)44(11,53)43(52)32(9)40(50)31(8)39(49)30(7)38(48)26(3)18-21-37(47)54-41-29(6)35(20-19-34)55-45(33(41)10)23-22-25(2)36(56-45)24-28(5)46/h13-15,17-18,21,25-36,38,40-42,46,48,50-51,53H,12,16,19-20,22-24H2,1-11H3/b14-13+,17-15?,21-18+/t25-,26-,27+,28?,29+,30-,31-,32-,33-,34-,35-,36-,38+,40+,41+,42-,44+,45-/m1/s1. The van der Waals surface area contributed by atoms with Crippen molar-refractivity contribution in [1.29, 1.82) is 0 Å². The maximum atomic E-state index is 13.5. The van der Waals surface area contributed by atoms with E-state index in [1.54, 1.807) is 20.8 Å². The van der Waals surface area contributed by atoms with Gasteiger partial charge in [0.25, 0.3) is 0 Å². The van der Waals surface area contributed by atoms with Crippen molar-refractivity contribution in [2.24, 2.45) is 53.3 Å². The van der Waals surface area contributed by atoms with Crippen LogP contribution < -0.4 is 0 Å². The maximum absolute atomic E-state index is 13.5. The first-order valence-electron chi connectivity index (χ1n) is 21.2. The number of rotatable bonds is 3. The molecule has 0 aromatic rings. The van der Waals surface area contributed by atoms with Crippen LogP contribution in [0.1, 0.15) is 121 Å². The predicted molar refractivity (Wildman–Crippen MR) is 215 cm³/mol. The summed E-state index contributed by atoms with van der Waals surface area (Å²) in [5, 5.41) is 55.0. The van der Waals surface area contributed by atoms with Gasteiger partial charge in [0, 0.05) is 48.0 Å². The average Bonchev–Trinajstić information content (AvgIpc) is 3.16. The molecule has 2 fully saturated rings. The maximum Gasteiger partial charge on any atom is 0.330 e. The lowest BCUT2D eigenvalue weighted by molar-refractivity contribution is -0.371. The summed E-state index contributed by atoms with van der Waals surface area (Å²) < 4.78 is 20.0. The van der Waals surface area contributed by atoms with E-state index in [1.165, 1.54) is 39.8 Å². The summed E-state index contributed by atoms with van der Waals surface area (Å²) >= 11 is 0. The van der Waals surface area contributed by atoms with Crippen LogP contribution in [-0.4, -0.2) is 97.2 Å². The van der Waals surface area contributed by atoms with Gasteiger partial charge in [0.05, 0.1) is 36.6 Å². The molecule has 1 unspecified atom stereocenters. The normalized spacial score (nSPS) is 46.2. The highest BCUT2D eigenvalue weighted by Crippen LogP contribution is 2.49. The van der Waals surface area contributed by atoms with E-state index in [1.807, 2.05) is 32.1 Å². The Morgan fingerprint density at radius 3 is 2.11 bits per heavy atom. The van der Waals surface area contributed by atoms with Crippen molar-refractivity contribution in [2.45, 2.75) is 175 Å². The Morgan fingerprint density at radius 1 is 0.839 bits per heavy atom. The number of ether oxygens (including phenoxy) is 3. The third-order valence-corrected chi connectivity index (χ3v) is 13.4. The highest BCUT2D eigenvalue weighted by atomic mass is 16.7. The van der Waals surface area contributed by atoms with Crippen molar-refractivity contribution >= 4 is 17.5 Å². The predicted octanol–water partition coefficient (Wildman–Crippen LogP) is 5.88. The number of aliphatic hydroxyl groups is 5. The van der Waals surface area contributed by atoms with Gasteiger partial charge in [-0.25, -0.2) is 4.79 Å². The van der Waals surface area contributed by atoms with Gasteiger partial charge in [0.1, 0.15) is 17.5 Å². The minimum absolute atomic E-state index is 0.168. The molecule has 3 rings (SSSR count). The van der Waals surface area contributed by atoms with Crippen LogP contribution in [0.15, 0.2) is 36.5 Å². The van der Waals surface area contributed by atoms with Crippen LogP contribution in [0.4, 0.5) is 0 Å². The number of carbonyl (C=O) groups excluding carboxylic acids is 3. The Balaban J connectivity index is 1.99. The first kappa shape index (κ1) is 48.1. The fourth-order valence-electron chi connectivity index (χ4n) is 9.01. The van der Waals surface area contributed by atoms with Crippen LogP contribution in [0.5, 0.6) is 0 Å². The first-order chi connectivity index (χ1) is 26.1. The topological polar surface area (TPSA) is 180 Å². The molecule has 0 aromatic carbocycles. The monoisotopic (exact) mass is 791 g/mol. The van der Waals surface area contributed by atoms with Gasteiger partial charge in [-0.05, 0) is 70.1 Å². The molecule has 3 heterocycles. The van der Waals surface area contributed by atoms with Gasteiger partial charge in [-0.3, -0.25) is 9.59 Å². The summed E-state index contributed by atoms with van der Waals surface area (Å²) in [5.41, 5.74) is -2.18. The average molecular weight is 791 g/mol. The molecule has 1 spiro atoms. The molecule has 0 amide bonds. The highest BCUT2D eigenvalue weighted by Gasteiger charge is 2.56. The number of hydrogen-bond donors (Lipinski definition) is 5. The molecule has 3 aliphatic heterocycles. The van der Waals surface area contributed by atoms with Crippen molar-refractivity contribution < 1.29 is 54.1 Å². The second-order valence-corrected chi connectivity index (χ2v) is 18.0. The fourth-order valence-corrected chi connectivity index (χ4v) is 9.01. The number of esters is 1. The van der Waals surface area contributed by atoms with E-state index < -0.39 is 89.0 Å². The summed E-state index contributed by atoms with van der Waals surface area (Å²) in [4.78, 5) is 40.5. The van der Waals surface area contributed by atoms with Crippen LogP contribution in [0.2, 0.25) is 0 Å². The number of hydrogen-bond acceptors (Lipinski definition) is 11. The minimum atomic E-state index is -2.18. The zero-order valence-corrected chi connectivity index (χ0v) is 35.8. The smallest absolute Gasteiger partial charge is 0.330 e. The Kier molecular flexibility index (Phi) is 17.7. The molecule has 2 saturated heterocycles. The number of allylic oxidation sites excluding steroid dienone is 4. The molecule has 11 nitrogen and oxygen atoms in total. The lowest BCUT2D eigenvalue weighted by Gasteiger charge is -2.55. The van der Waals surface area contributed by atoms with Crippen LogP contribution >= 0.6 is 0 Å². The van der Waals surface area contributed by atoms with Crippen molar-refractivity contribution in [1.82, 2.24) is 0 Å². The molecule has 56 heavy (non-hydrogen) atoms. The number of carbonyl (C=O) groups is 3. The second kappa shape index (κ2) is 20.6. The summed E-state index contributed by atoms with van der Waals surface area (Å²) in [6.07, 6.45) is 9.62. The number of fused-ring (bicyclic) bond motifs is 2. The van der Waals surface area contributed by atoms with Gasteiger partial charge >= 0.3 is 5.97 Å². The van der Waals surface area contributed by atoms with E-state index in [4.69, 9.17) is 14.2 Å². The van der Waals surface area contributed by atoms with E-state index >= 15 is 0 Å². The van der Waals surface area contributed by atoms with E-state index in [0.29, 0.717) is 25.7 Å². The largest absolute Gasteiger partial charge is 0.458 e. The van der Waals surface area contributed by atoms with Crippen molar-refractivity contribution in [2.75, 3.05) is 0 Å². The van der Waals surface area contributed by atoms with Gasteiger partial charge in [-0.2, -0.15) is 0 Å². The van der Waals surface area contributed by atoms with Crippen LogP contribution in [0, 0.1) is 53.3 Å². The summed E-state index contributed by atoms with van der Waals surface area (Å²) in [6.45, 7) is 19.1. The Hall–Kier alpha value is -2.25. The van der Waals surface area contributed by atoms with Crippen molar-refractivity contribution in [3.8, 4) is 0 Å². The highest BCUT2D eigenvalue weighted by molar-refractivity contribution is 5.91. The van der Waals surface area contributed by atoms with E-state index in [0.717, 1.165) is 19.3 Å². The van der Waals surface area contributed by atoms with Gasteiger partial charge in [-0.1, -0.05) is 92.7 Å². The third-order valence-electron chi connectivity index (χ3n) is 13.4. The van der Waals surface area contributed by atoms with E-state index in [9.17, 15) is 39.9 Å². The molecule has 18 atom stereocenters. The van der Waals surface area contributed by atoms with Gasteiger partial charge < -0.3 is 39.7 Å². The first-order valence-corrected chi connectivity index (χ1v) is 21.2. The molecule has 0 saturated carbocycles. The van der Waals surface area contributed by atoms with Crippen LogP contribution in [0.25, 0.3) is 0 Å². The van der Waals surface area contributed by atoms with E-state index in [2.05, 4.69) is 19.9 Å². The third kappa shape index (κ3) is 11.5. The Morgan fingerprint density at radius 2 is 1.48 bits per heavy atom. The SMILES string of the molecule is CC[C@@H]1C=C/C=C/C[C@H](C)[C@@H](O)[C@](C)(O)C(=O)[C@H](C)[C@@H](O)[C@H](C)C(=O)[C@H](C)[C@@H](O)[C@H](C)/C=C/C(=O)O[C@H]2[C@@H](C)[C@@H](CC1)O[C@@]1(CC[C@@H](C)[C@@H](CC(C)O)O1)[C@@H]2C. The zero-order chi connectivity index (χ0) is 42.3. The van der Waals surface area contributed by atoms with Crippen molar-refractivity contribution in [3.05, 3.63) is 36.5 Å². The Labute approximate surface area is 336 Å². The number of aliphatic hydroxyl groups excluding tert-OH is 4. The second-order valence-electron chi connectivity index (χ2n) is 18.0. The molecule has 320 valence electrons. The molecular formula is C45H74O11. The number of Topliss-reactive ketones (excluding diaryl/α,β-unsaturated/α-hetero) is 2. The quantitative estimate of drug-likeness (QED) is 0.216. The summed E-state index contributed by atoms with van der Waals surface area (Å²) in [5.74, 6) is -7.28. The van der Waals surface area contributed by atoms with Crippen LogP contribution in [0.3, 0.4) is 0 Å². The molecule has 0 radical (unpaired) electrons.